The number of hydrogen-bond donors (Lipinski definition) is 1. The van der Waals surface area contributed by atoms with Gasteiger partial charge in [-0.1, -0.05) is 28.8 Å². The van der Waals surface area contributed by atoms with Crippen LogP contribution in [0.4, 0.5) is 0 Å². The fraction of sp³-hybridized carbons (Fsp3) is 0.571. The SMILES string of the molecule is Cn1ccc(C(=O)NC2CCCCC2CBr)cc1=O. The second-order valence-electron chi connectivity index (χ2n) is 5.14. The van der Waals surface area contributed by atoms with E-state index in [1.54, 1.807) is 19.3 Å². The highest BCUT2D eigenvalue weighted by Crippen LogP contribution is 2.26. The smallest absolute Gasteiger partial charge is 0.251 e. The van der Waals surface area contributed by atoms with E-state index in [9.17, 15) is 9.59 Å². The molecule has 2 unspecified atom stereocenters. The number of carbonyl (C=O) groups excluding carboxylic acids is 1. The van der Waals surface area contributed by atoms with Crippen LogP contribution in [-0.2, 0) is 7.05 Å². The Morgan fingerprint density at radius 2 is 2.21 bits per heavy atom. The predicted molar refractivity (Wildman–Crippen MR) is 78.7 cm³/mol. The summed E-state index contributed by atoms with van der Waals surface area (Å²) in [6.45, 7) is 0. The average molecular weight is 327 g/mol. The number of aryl methyl sites for hydroxylation is 1. The van der Waals surface area contributed by atoms with Gasteiger partial charge in [-0.15, -0.1) is 0 Å². The molecule has 1 heterocycles. The molecular weight excluding hydrogens is 308 g/mol. The highest BCUT2D eigenvalue weighted by molar-refractivity contribution is 9.09. The maximum atomic E-state index is 12.2. The van der Waals surface area contributed by atoms with Crippen LogP contribution in [0.1, 0.15) is 36.0 Å². The molecule has 1 saturated carbocycles. The molecule has 2 rings (SSSR count). The molecule has 0 bridgehead atoms. The van der Waals surface area contributed by atoms with E-state index in [0.29, 0.717) is 11.5 Å². The van der Waals surface area contributed by atoms with Gasteiger partial charge in [0.1, 0.15) is 0 Å². The molecule has 0 aromatic carbocycles. The first-order valence-corrected chi connectivity index (χ1v) is 7.77. The average Bonchev–Trinajstić information content (AvgIpc) is 2.42. The Morgan fingerprint density at radius 3 is 2.89 bits per heavy atom. The molecule has 0 radical (unpaired) electrons. The zero-order chi connectivity index (χ0) is 13.8. The van der Waals surface area contributed by atoms with Crippen LogP contribution in [0.5, 0.6) is 0 Å². The maximum Gasteiger partial charge on any atom is 0.251 e. The first-order valence-electron chi connectivity index (χ1n) is 6.65. The summed E-state index contributed by atoms with van der Waals surface area (Å²) in [6, 6.07) is 3.29. The number of nitrogens with zero attached hydrogens (tertiary/aromatic N) is 1. The summed E-state index contributed by atoms with van der Waals surface area (Å²) in [5.41, 5.74) is 0.287. The Morgan fingerprint density at radius 1 is 1.47 bits per heavy atom. The molecule has 19 heavy (non-hydrogen) atoms. The van der Waals surface area contributed by atoms with Crippen LogP contribution in [0.3, 0.4) is 0 Å². The van der Waals surface area contributed by atoms with Crippen molar-refractivity contribution in [3.05, 3.63) is 34.2 Å². The number of amides is 1. The van der Waals surface area contributed by atoms with Crippen LogP contribution in [-0.4, -0.2) is 21.8 Å². The van der Waals surface area contributed by atoms with Gasteiger partial charge in [-0.25, -0.2) is 0 Å². The van der Waals surface area contributed by atoms with Crippen LogP contribution < -0.4 is 10.9 Å². The Hall–Kier alpha value is -1.10. The van der Waals surface area contributed by atoms with E-state index in [2.05, 4.69) is 21.2 Å². The fourth-order valence-corrected chi connectivity index (χ4v) is 3.30. The Kier molecular flexibility index (Phi) is 4.80. The lowest BCUT2D eigenvalue weighted by Gasteiger charge is -2.31. The minimum absolute atomic E-state index is 0.143. The van der Waals surface area contributed by atoms with Crippen molar-refractivity contribution in [2.75, 3.05) is 5.33 Å². The van der Waals surface area contributed by atoms with Gasteiger partial charge >= 0.3 is 0 Å². The molecule has 4 nitrogen and oxygen atoms in total. The predicted octanol–water partition coefficient (Wildman–Crippen LogP) is 2.07. The number of hydrogen-bond acceptors (Lipinski definition) is 2. The van der Waals surface area contributed by atoms with E-state index in [-0.39, 0.29) is 17.5 Å². The van der Waals surface area contributed by atoms with E-state index >= 15 is 0 Å². The second-order valence-corrected chi connectivity index (χ2v) is 5.79. The van der Waals surface area contributed by atoms with Gasteiger partial charge in [0, 0.05) is 36.2 Å². The third kappa shape index (κ3) is 3.47. The summed E-state index contributed by atoms with van der Waals surface area (Å²) in [4.78, 5) is 23.7. The lowest BCUT2D eigenvalue weighted by atomic mass is 9.86. The largest absolute Gasteiger partial charge is 0.349 e. The summed E-state index contributed by atoms with van der Waals surface area (Å²) in [7, 11) is 1.67. The van der Waals surface area contributed by atoms with E-state index in [1.165, 1.54) is 17.1 Å². The van der Waals surface area contributed by atoms with Crippen LogP contribution in [0.25, 0.3) is 0 Å². The van der Waals surface area contributed by atoms with Gasteiger partial charge in [0.25, 0.3) is 11.5 Å². The lowest BCUT2D eigenvalue weighted by Crippen LogP contribution is -2.43. The molecule has 1 amide bonds. The third-order valence-corrected chi connectivity index (χ3v) is 4.62. The minimum Gasteiger partial charge on any atom is -0.349 e. The lowest BCUT2D eigenvalue weighted by molar-refractivity contribution is 0.0911. The molecule has 5 heteroatoms. The molecule has 0 spiro atoms. The monoisotopic (exact) mass is 326 g/mol. The van der Waals surface area contributed by atoms with Crippen molar-refractivity contribution >= 4 is 21.8 Å². The van der Waals surface area contributed by atoms with E-state index < -0.39 is 0 Å². The van der Waals surface area contributed by atoms with Gasteiger partial charge in [-0.2, -0.15) is 0 Å². The number of rotatable bonds is 3. The second kappa shape index (κ2) is 6.37. The minimum atomic E-state index is -0.159. The highest BCUT2D eigenvalue weighted by atomic mass is 79.9. The van der Waals surface area contributed by atoms with Crippen molar-refractivity contribution in [2.24, 2.45) is 13.0 Å². The van der Waals surface area contributed by atoms with Crippen molar-refractivity contribution < 1.29 is 4.79 Å². The number of alkyl halides is 1. The number of carbonyl (C=O) groups is 1. The summed E-state index contributed by atoms with van der Waals surface area (Å²) in [5.74, 6) is 0.347. The number of aromatic nitrogens is 1. The summed E-state index contributed by atoms with van der Waals surface area (Å²) >= 11 is 3.51. The molecule has 104 valence electrons. The van der Waals surface area contributed by atoms with Crippen molar-refractivity contribution in [2.45, 2.75) is 31.7 Å². The normalized spacial score (nSPS) is 23.1. The molecule has 0 aliphatic heterocycles. The summed E-state index contributed by atoms with van der Waals surface area (Å²) in [5, 5.41) is 3.98. The number of nitrogens with one attached hydrogen (secondary N) is 1. The van der Waals surface area contributed by atoms with Gasteiger partial charge in [-0.3, -0.25) is 9.59 Å². The standard InChI is InChI=1S/C14H19BrN2O2/c1-17-7-6-10(8-13(17)18)14(19)16-12-5-3-2-4-11(12)9-15/h6-8,11-12H,2-5,9H2,1H3,(H,16,19). The van der Waals surface area contributed by atoms with Gasteiger partial charge < -0.3 is 9.88 Å². The molecule has 2 atom stereocenters. The van der Waals surface area contributed by atoms with Gasteiger partial charge in [0.05, 0.1) is 0 Å². The van der Waals surface area contributed by atoms with Crippen molar-refractivity contribution in [1.29, 1.82) is 0 Å². The Balaban J connectivity index is 2.07. The Bertz CT molecular complexity index is 512. The van der Waals surface area contributed by atoms with Gasteiger partial charge in [-0.05, 0) is 24.8 Å². The van der Waals surface area contributed by atoms with Crippen LogP contribution >= 0.6 is 15.9 Å². The molecule has 1 fully saturated rings. The number of pyridine rings is 1. The summed E-state index contributed by atoms with van der Waals surface area (Å²) < 4.78 is 1.46. The van der Waals surface area contributed by atoms with Crippen molar-refractivity contribution in [3.8, 4) is 0 Å². The first-order chi connectivity index (χ1) is 9.11. The Labute approximate surface area is 121 Å². The van der Waals surface area contributed by atoms with Crippen LogP contribution in [0.2, 0.25) is 0 Å². The van der Waals surface area contributed by atoms with Gasteiger partial charge in [0.15, 0.2) is 0 Å². The van der Waals surface area contributed by atoms with E-state index in [0.717, 1.165) is 24.6 Å². The molecular formula is C14H19BrN2O2. The van der Waals surface area contributed by atoms with Crippen LogP contribution in [0, 0.1) is 5.92 Å². The fourth-order valence-electron chi connectivity index (χ4n) is 2.52. The van der Waals surface area contributed by atoms with E-state index in [4.69, 9.17) is 0 Å². The molecule has 1 N–H and O–H groups in total. The molecule has 1 aliphatic rings. The van der Waals surface area contributed by atoms with Crippen molar-refractivity contribution in [1.82, 2.24) is 9.88 Å². The topological polar surface area (TPSA) is 51.1 Å². The molecule has 0 saturated heterocycles. The third-order valence-electron chi connectivity index (χ3n) is 3.79. The van der Waals surface area contributed by atoms with Crippen molar-refractivity contribution in [3.63, 3.8) is 0 Å². The maximum absolute atomic E-state index is 12.2. The summed E-state index contributed by atoms with van der Waals surface area (Å²) in [6.07, 6.45) is 6.18. The van der Waals surface area contributed by atoms with Gasteiger partial charge in [0.2, 0.25) is 0 Å². The van der Waals surface area contributed by atoms with E-state index in [1.807, 2.05) is 0 Å². The van der Waals surface area contributed by atoms with Crippen LogP contribution in [0.15, 0.2) is 23.1 Å². The first kappa shape index (κ1) is 14.3. The molecule has 1 aromatic heterocycles. The molecule has 1 aliphatic carbocycles. The number of halogens is 1. The molecule has 1 aromatic rings. The zero-order valence-electron chi connectivity index (χ0n) is 11.1. The zero-order valence-corrected chi connectivity index (χ0v) is 12.6. The highest BCUT2D eigenvalue weighted by Gasteiger charge is 2.25. The quantitative estimate of drug-likeness (QED) is 0.864.